The number of rotatable bonds is 0. The molecule has 2 unspecified atom stereocenters. The Bertz CT molecular complexity index is 470. The van der Waals surface area contributed by atoms with E-state index >= 15 is 0 Å². The molecule has 2 atom stereocenters. The highest BCUT2D eigenvalue weighted by Gasteiger charge is 2.37. The highest BCUT2D eigenvalue weighted by atomic mass is 14.8. The topological polar surface area (TPSA) is 52.0 Å². The van der Waals surface area contributed by atoms with Crippen molar-refractivity contribution in [2.24, 2.45) is 11.7 Å². The Hall–Kier alpha value is -1.28. The van der Waals surface area contributed by atoms with Crippen molar-refractivity contribution in [1.82, 2.24) is 0 Å². The Morgan fingerprint density at radius 2 is 1.88 bits per heavy atom. The lowest BCUT2D eigenvalue weighted by molar-refractivity contribution is 0.364. The van der Waals surface area contributed by atoms with Crippen LogP contribution in [0, 0.1) is 5.92 Å². The maximum atomic E-state index is 6.47. The molecule has 0 saturated carbocycles. The zero-order valence-corrected chi connectivity index (χ0v) is 10.5. The molecule has 1 aromatic carbocycles. The molecule has 4 N–H and O–H groups in total. The van der Waals surface area contributed by atoms with E-state index < -0.39 is 0 Å². The zero-order valence-electron chi connectivity index (χ0n) is 10.5. The van der Waals surface area contributed by atoms with Gasteiger partial charge in [-0.2, -0.15) is 0 Å². The minimum atomic E-state index is -0.371. The van der Waals surface area contributed by atoms with E-state index in [0.717, 1.165) is 11.3 Å². The molecule has 0 bridgehead atoms. The predicted molar refractivity (Wildman–Crippen MR) is 69.8 cm³/mol. The summed E-state index contributed by atoms with van der Waals surface area (Å²) in [5, 5.41) is 0. The van der Waals surface area contributed by atoms with Gasteiger partial charge >= 0.3 is 0 Å². The number of benzene rings is 1. The SMILES string of the molecule is CC1=C(C)C(C)C(C)(N)c2c(N)cccc21. The van der Waals surface area contributed by atoms with E-state index in [0.29, 0.717) is 5.92 Å². The Kier molecular flexibility index (Phi) is 2.35. The standard InChI is InChI=1S/C14H20N2/c1-8-9(2)11-6-5-7-12(15)13(11)14(4,16)10(8)3/h5-7,10H,15-16H2,1-4H3. The summed E-state index contributed by atoms with van der Waals surface area (Å²) in [5.74, 6) is 0.324. The van der Waals surface area contributed by atoms with Gasteiger partial charge in [-0.25, -0.2) is 0 Å². The van der Waals surface area contributed by atoms with Crippen LogP contribution in [0.1, 0.15) is 38.8 Å². The van der Waals surface area contributed by atoms with Crippen LogP contribution in [0.2, 0.25) is 0 Å². The number of anilines is 1. The lowest BCUT2D eigenvalue weighted by Crippen LogP contribution is -2.44. The molecular formula is C14H20N2. The molecule has 86 valence electrons. The highest BCUT2D eigenvalue weighted by molar-refractivity contribution is 5.77. The third kappa shape index (κ3) is 1.30. The largest absolute Gasteiger partial charge is 0.398 e. The summed E-state index contributed by atoms with van der Waals surface area (Å²) in [4.78, 5) is 0. The maximum absolute atomic E-state index is 6.47. The Balaban J connectivity index is 2.81. The van der Waals surface area contributed by atoms with Crippen LogP contribution in [0.5, 0.6) is 0 Å². The van der Waals surface area contributed by atoms with Crippen molar-refractivity contribution in [3.63, 3.8) is 0 Å². The van der Waals surface area contributed by atoms with Crippen LogP contribution in [0.4, 0.5) is 5.69 Å². The van der Waals surface area contributed by atoms with Crippen molar-refractivity contribution in [3.05, 3.63) is 34.9 Å². The summed E-state index contributed by atoms with van der Waals surface area (Å²) >= 11 is 0. The fraction of sp³-hybridized carbons (Fsp3) is 0.429. The summed E-state index contributed by atoms with van der Waals surface area (Å²) in [6, 6.07) is 6.04. The van der Waals surface area contributed by atoms with Crippen molar-refractivity contribution >= 4 is 11.3 Å². The minimum absolute atomic E-state index is 0.324. The van der Waals surface area contributed by atoms with Gasteiger partial charge in [0.15, 0.2) is 0 Å². The number of hydrogen-bond acceptors (Lipinski definition) is 2. The molecule has 0 aromatic heterocycles. The highest BCUT2D eigenvalue weighted by Crippen LogP contribution is 2.45. The molecule has 0 spiro atoms. The van der Waals surface area contributed by atoms with Gasteiger partial charge in [0.25, 0.3) is 0 Å². The third-order valence-electron chi connectivity index (χ3n) is 4.18. The number of fused-ring (bicyclic) bond motifs is 1. The van der Waals surface area contributed by atoms with Crippen molar-refractivity contribution in [2.75, 3.05) is 5.73 Å². The molecule has 16 heavy (non-hydrogen) atoms. The van der Waals surface area contributed by atoms with Crippen molar-refractivity contribution < 1.29 is 0 Å². The second-order valence-electron chi connectivity index (χ2n) is 5.08. The van der Waals surface area contributed by atoms with Gasteiger partial charge in [-0.3, -0.25) is 0 Å². The number of nitrogen functional groups attached to an aromatic ring is 1. The van der Waals surface area contributed by atoms with Gasteiger partial charge in [0, 0.05) is 16.8 Å². The molecule has 0 heterocycles. The minimum Gasteiger partial charge on any atom is -0.398 e. The van der Waals surface area contributed by atoms with E-state index in [2.05, 4.69) is 33.8 Å². The summed E-state index contributed by atoms with van der Waals surface area (Å²) in [6.07, 6.45) is 0. The fourth-order valence-corrected chi connectivity index (χ4v) is 2.69. The summed E-state index contributed by atoms with van der Waals surface area (Å²) in [6.45, 7) is 8.56. The lowest BCUT2D eigenvalue weighted by Gasteiger charge is -2.40. The third-order valence-corrected chi connectivity index (χ3v) is 4.18. The second kappa shape index (κ2) is 3.36. The maximum Gasteiger partial charge on any atom is 0.0471 e. The molecule has 0 radical (unpaired) electrons. The van der Waals surface area contributed by atoms with Crippen molar-refractivity contribution in [3.8, 4) is 0 Å². The van der Waals surface area contributed by atoms with E-state index in [9.17, 15) is 0 Å². The van der Waals surface area contributed by atoms with Gasteiger partial charge in [-0.1, -0.05) is 24.6 Å². The van der Waals surface area contributed by atoms with Crippen LogP contribution in [0.3, 0.4) is 0 Å². The smallest absolute Gasteiger partial charge is 0.0471 e. The first-order chi connectivity index (χ1) is 7.37. The Morgan fingerprint density at radius 1 is 1.25 bits per heavy atom. The Morgan fingerprint density at radius 3 is 2.50 bits per heavy atom. The molecule has 2 rings (SSSR count). The molecule has 1 aliphatic carbocycles. The quantitative estimate of drug-likeness (QED) is 0.655. The van der Waals surface area contributed by atoms with E-state index in [1.807, 2.05) is 12.1 Å². The molecule has 2 heteroatoms. The van der Waals surface area contributed by atoms with E-state index in [4.69, 9.17) is 11.5 Å². The summed E-state index contributed by atoms with van der Waals surface area (Å²) < 4.78 is 0. The zero-order chi connectivity index (χ0) is 12.1. The average molecular weight is 216 g/mol. The van der Waals surface area contributed by atoms with Gasteiger partial charge in [0.1, 0.15) is 0 Å². The lowest BCUT2D eigenvalue weighted by atomic mass is 9.68. The van der Waals surface area contributed by atoms with Gasteiger partial charge < -0.3 is 11.5 Å². The van der Waals surface area contributed by atoms with Gasteiger partial charge in [0.05, 0.1) is 0 Å². The number of nitrogens with two attached hydrogens (primary N) is 2. The van der Waals surface area contributed by atoms with Crippen LogP contribution >= 0.6 is 0 Å². The summed E-state index contributed by atoms with van der Waals surface area (Å²) in [5.41, 5.74) is 18.0. The second-order valence-corrected chi connectivity index (χ2v) is 5.08. The Labute approximate surface area is 97.3 Å². The molecule has 0 amide bonds. The van der Waals surface area contributed by atoms with Gasteiger partial charge in [0.2, 0.25) is 0 Å². The van der Waals surface area contributed by atoms with Gasteiger partial charge in [-0.05, 0) is 43.9 Å². The van der Waals surface area contributed by atoms with Crippen molar-refractivity contribution in [2.45, 2.75) is 33.2 Å². The van der Waals surface area contributed by atoms with Crippen molar-refractivity contribution in [1.29, 1.82) is 0 Å². The molecule has 0 saturated heterocycles. The molecule has 2 nitrogen and oxygen atoms in total. The van der Waals surface area contributed by atoms with E-state index in [1.165, 1.54) is 16.7 Å². The molecular weight excluding hydrogens is 196 g/mol. The summed E-state index contributed by atoms with van der Waals surface area (Å²) in [7, 11) is 0. The first-order valence-corrected chi connectivity index (χ1v) is 5.73. The number of hydrogen-bond donors (Lipinski definition) is 2. The normalized spacial score (nSPS) is 29.2. The molecule has 1 aromatic rings. The molecule has 0 aliphatic heterocycles. The monoisotopic (exact) mass is 216 g/mol. The molecule has 0 fully saturated rings. The number of allylic oxidation sites excluding steroid dienone is 1. The van der Waals surface area contributed by atoms with Crippen LogP contribution in [-0.4, -0.2) is 0 Å². The molecule has 1 aliphatic rings. The van der Waals surface area contributed by atoms with Crippen LogP contribution in [0.15, 0.2) is 23.8 Å². The fourth-order valence-electron chi connectivity index (χ4n) is 2.69. The van der Waals surface area contributed by atoms with Crippen LogP contribution < -0.4 is 11.5 Å². The average Bonchev–Trinajstić information content (AvgIpc) is 2.23. The predicted octanol–water partition coefficient (Wildman–Crippen LogP) is 2.89. The first-order valence-electron chi connectivity index (χ1n) is 5.73. The van der Waals surface area contributed by atoms with Crippen LogP contribution in [-0.2, 0) is 5.54 Å². The first kappa shape index (κ1) is 11.2. The van der Waals surface area contributed by atoms with Gasteiger partial charge in [-0.15, -0.1) is 0 Å². The van der Waals surface area contributed by atoms with Crippen LogP contribution in [0.25, 0.3) is 5.57 Å². The van der Waals surface area contributed by atoms with E-state index in [1.54, 1.807) is 0 Å². The van der Waals surface area contributed by atoms with E-state index in [-0.39, 0.29) is 5.54 Å².